The number of hydrogen-bond donors (Lipinski definition) is 0. The largest absolute Gasteiger partial charge is 0.462 e. The van der Waals surface area contributed by atoms with E-state index in [9.17, 15) is 0 Å². The van der Waals surface area contributed by atoms with Gasteiger partial charge in [-0.25, -0.2) is 4.98 Å². The Morgan fingerprint density at radius 1 is 1.55 bits per heavy atom. The van der Waals surface area contributed by atoms with Crippen LogP contribution in [0.2, 0.25) is 0 Å². The molecule has 0 saturated carbocycles. The highest BCUT2D eigenvalue weighted by atomic mass is 79.9. The van der Waals surface area contributed by atoms with Crippen molar-refractivity contribution in [1.29, 1.82) is 0 Å². The van der Waals surface area contributed by atoms with Crippen LogP contribution in [0.5, 0.6) is 0 Å². The van der Waals surface area contributed by atoms with Crippen LogP contribution in [0.3, 0.4) is 0 Å². The molecule has 0 aliphatic heterocycles. The van der Waals surface area contributed by atoms with E-state index < -0.39 is 0 Å². The second-order valence-corrected chi connectivity index (χ2v) is 4.36. The van der Waals surface area contributed by atoms with Gasteiger partial charge in [-0.2, -0.15) is 0 Å². The average molecular weight is 230 g/mol. The standard InChI is InChI=1S/C7H4BrNOS/c8-6-4-9-7(11-6)5-2-1-3-10-5/h1-4H. The summed E-state index contributed by atoms with van der Waals surface area (Å²) in [5.74, 6) is 0.820. The minimum atomic E-state index is 0.820. The van der Waals surface area contributed by atoms with Crippen LogP contribution >= 0.6 is 27.3 Å². The first-order valence-electron chi connectivity index (χ1n) is 3.01. The maximum absolute atomic E-state index is 5.16. The van der Waals surface area contributed by atoms with E-state index in [0.717, 1.165) is 14.6 Å². The van der Waals surface area contributed by atoms with Gasteiger partial charge >= 0.3 is 0 Å². The number of hydrogen-bond acceptors (Lipinski definition) is 3. The van der Waals surface area contributed by atoms with Gasteiger partial charge in [0, 0.05) is 0 Å². The quantitative estimate of drug-likeness (QED) is 0.751. The van der Waals surface area contributed by atoms with Crippen molar-refractivity contribution in [2.75, 3.05) is 0 Å². The van der Waals surface area contributed by atoms with Crippen molar-refractivity contribution in [2.45, 2.75) is 0 Å². The maximum Gasteiger partial charge on any atom is 0.162 e. The molecule has 56 valence electrons. The molecule has 0 aromatic carbocycles. The molecule has 2 rings (SSSR count). The predicted octanol–water partition coefficient (Wildman–Crippen LogP) is 3.17. The van der Waals surface area contributed by atoms with E-state index in [4.69, 9.17) is 4.42 Å². The summed E-state index contributed by atoms with van der Waals surface area (Å²) in [5.41, 5.74) is 0. The van der Waals surface area contributed by atoms with Gasteiger partial charge in [0.25, 0.3) is 0 Å². The lowest BCUT2D eigenvalue weighted by molar-refractivity contribution is 0.582. The number of nitrogens with zero attached hydrogens (tertiary/aromatic N) is 1. The fourth-order valence-electron chi connectivity index (χ4n) is 0.769. The van der Waals surface area contributed by atoms with Crippen LogP contribution < -0.4 is 0 Å². The van der Waals surface area contributed by atoms with E-state index >= 15 is 0 Å². The van der Waals surface area contributed by atoms with Crippen LogP contribution in [-0.4, -0.2) is 4.98 Å². The van der Waals surface area contributed by atoms with Crippen molar-refractivity contribution in [3.05, 3.63) is 28.4 Å². The Bertz CT molecular complexity index is 341. The Kier molecular flexibility index (Phi) is 1.79. The molecule has 0 saturated heterocycles. The molecule has 2 aromatic heterocycles. The van der Waals surface area contributed by atoms with Gasteiger partial charge in [0.2, 0.25) is 0 Å². The van der Waals surface area contributed by atoms with E-state index in [1.165, 1.54) is 0 Å². The number of halogens is 1. The molecule has 0 N–H and O–H groups in total. The van der Waals surface area contributed by atoms with Gasteiger partial charge < -0.3 is 4.42 Å². The molecular formula is C7H4BrNOS. The van der Waals surface area contributed by atoms with Crippen molar-refractivity contribution in [1.82, 2.24) is 4.98 Å². The monoisotopic (exact) mass is 229 g/mol. The van der Waals surface area contributed by atoms with E-state index in [0.29, 0.717) is 0 Å². The van der Waals surface area contributed by atoms with Crippen molar-refractivity contribution in [2.24, 2.45) is 0 Å². The Labute approximate surface area is 76.0 Å². The fourth-order valence-corrected chi connectivity index (χ4v) is 1.94. The molecule has 2 nitrogen and oxygen atoms in total. The Hall–Kier alpha value is -0.610. The van der Waals surface area contributed by atoms with Crippen LogP contribution in [0.4, 0.5) is 0 Å². The summed E-state index contributed by atoms with van der Waals surface area (Å²) in [4.78, 5) is 4.14. The molecule has 0 atom stereocenters. The van der Waals surface area contributed by atoms with Crippen molar-refractivity contribution in [3.63, 3.8) is 0 Å². The first-order valence-corrected chi connectivity index (χ1v) is 4.62. The van der Waals surface area contributed by atoms with Gasteiger partial charge in [0.1, 0.15) is 0 Å². The fraction of sp³-hybridized carbons (Fsp3) is 0. The molecule has 0 fully saturated rings. The topological polar surface area (TPSA) is 26.0 Å². The molecule has 2 aromatic rings. The highest BCUT2D eigenvalue weighted by molar-refractivity contribution is 9.11. The number of furan rings is 1. The smallest absolute Gasteiger partial charge is 0.162 e. The zero-order valence-corrected chi connectivity index (χ0v) is 7.85. The van der Waals surface area contributed by atoms with Crippen LogP contribution in [0.1, 0.15) is 0 Å². The Morgan fingerprint density at radius 3 is 3.00 bits per heavy atom. The van der Waals surface area contributed by atoms with Crippen molar-refractivity contribution >= 4 is 27.3 Å². The number of thiazole rings is 1. The molecule has 0 radical (unpaired) electrons. The SMILES string of the molecule is Brc1cnc(-c2ccco2)s1. The van der Waals surface area contributed by atoms with E-state index in [2.05, 4.69) is 20.9 Å². The zero-order valence-electron chi connectivity index (χ0n) is 5.45. The maximum atomic E-state index is 5.16. The lowest BCUT2D eigenvalue weighted by atomic mass is 10.5. The third kappa shape index (κ3) is 1.36. The average Bonchev–Trinajstić information content (AvgIpc) is 2.55. The van der Waals surface area contributed by atoms with E-state index in [-0.39, 0.29) is 0 Å². The van der Waals surface area contributed by atoms with Crippen LogP contribution in [0, 0.1) is 0 Å². The molecule has 0 unspecified atom stereocenters. The third-order valence-electron chi connectivity index (χ3n) is 1.21. The second kappa shape index (κ2) is 2.79. The summed E-state index contributed by atoms with van der Waals surface area (Å²) >= 11 is 4.89. The summed E-state index contributed by atoms with van der Waals surface area (Å²) < 4.78 is 6.18. The van der Waals surface area contributed by atoms with E-state index in [1.807, 2.05) is 12.1 Å². The van der Waals surface area contributed by atoms with Crippen LogP contribution in [-0.2, 0) is 0 Å². The molecule has 0 bridgehead atoms. The molecule has 0 spiro atoms. The summed E-state index contributed by atoms with van der Waals surface area (Å²) in [6.45, 7) is 0. The van der Waals surface area contributed by atoms with Gasteiger partial charge in [-0.3, -0.25) is 0 Å². The lowest BCUT2D eigenvalue weighted by Gasteiger charge is -1.83. The van der Waals surface area contributed by atoms with Crippen LogP contribution in [0.15, 0.2) is 32.8 Å². The van der Waals surface area contributed by atoms with Crippen molar-refractivity contribution in [3.8, 4) is 10.8 Å². The van der Waals surface area contributed by atoms with Gasteiger partial charge in [-0.05, 0) is 28.1 Å². The van der Waals surface area contributed by atoms with Gasteiger partial charge in [0.05, 0.1) is 16.2 Å². The summed E-state index contributed by atoms with van der Waals surface area (Å²) in [6, 6.07) is 3.75. The summed E-state index contributed by atoms with van der Waals surface area (Å²) in [6.07, 6.45) is 3.41. The first kappa shape index (κ1) is 7.06. The second-order valence-electron chi connectivity index (χ2n) is 1.95. The molecule has 0 aliphatic rings. The predicted molar refractivity (Wildman–Crippen MR) is 47.5 cm³/mol. The highest BCUT2D eigenvalue weighted by Gasteiger charge is 2.03. The zero-order chi connectivity index (χ0) is 7.68. The molecule has 11 heavy (non-hydrogen) atoms. The minimum absolute atomic E-state index is 0.820. The summed E-state index contributed by atoms with van der Waals surface area (Å²) in [7, 11) is 0. The minimum Gasteiger partial charge on any atom is -0.462 e. The third-order valence-corrected chi connectivity index (χ3v) is 2.70. The first-order chi connectivity index (χ1) is 5.36. The van der Waals surface area contributed by atoms with Crippen molar-refractivity contribution < 1.29 is 4.42 Å². The Balaban J connectivity index is 2.45. The van der Waals surface area contributed by atoms with Crippen LogP contribution in [0.25, 0.3) is 10.8 Å². The van der Waals surface area contributed by atoms with Gasteiger partial charge in [0.15, 0.2) is 10.8 Å². The Morgan fingerprint density at radius 2 is 2.45 bits per heavy atom. The van der Waals surface area contributed by atoms with Gasteiger partial charge in [-0.1, -0.05) is 0 Å². The summed E-state index contributed by atoms with van der Waals surface area (Å²) in [5, 5.41) is 0.905. The molecule has 4 heteroatoms. The normalized spacial score (nSPS) is 10.3. The number of rotatable bonds is 1. The highest BCUT2D eigenvalue weighted by Crippen LogP contribution is 2.28. The van der Waals surface area contributed by atoms with E-state index in [1.54, 1.807) is 23.8 Å². The molecular weight excluding hydrogens is 226 g/mol. The van der Waals surface area contributed by atoms with Gasteiger partial charge in [-0.15, -0.1) is 11.3 Å². The molecule has 0 amide bonds. The molecule has 2 heterocycles. The number of aromatic nitrogens is 1. The molecule has 0 aliphatic carbocycles. The lowest BCUT2D eigenvalue weighted by Crippen LogP contribution is -1.65.